The molecule has 136 valence electrons. The van der Waals surface area contributed by atoms with E-state index < -0.39 is 0 Å². The topological polar surface area (TPSA) is 64.1 Å². The minimum absolute atomic E-state index is 0. The molecule has 1 aromatic carbocycles. The summed E-state index contributed by atoms with van der Waals surface area (Å²) in [4.78, 5) is 4.24. The summed E-state index contributed by atoms with van der Waals surface area (Å²) in [5, 5.41) is 6.60. The van der Waals surface area contributed by atoms with Crippen LogP contribution in [0.15, 0.2) is 23.2 Å². The molecule has 1 aromatic rings. The van der Waals surface area contributed by atoms with Crippen LogP contribution in [-0.4, -0.2) is 46.0 Å². The first-order valence-corrected chi connectivity index (χ1v) is 8.12. The van der Waals surface area contributed by atoms with E-state index in [0.717, 1.165) is 49.0 Å². The number of benzene rings is 1. The monoisotopic (exact) mass is 449 g/mol. The Bertz CT molecular complexity index is 520. The molecule has 0 radical (unpaired) electrons. The largest absolute Gasteiger partial charge is 0.493 e. The minimum atomic E-state index is 0. The molecule has 1 saturated heterocycles. The van der Waals surface area contributed by atoms with Crippen LogP contribution >= 0.6 is 24.0 Å². The highest BCUT2D eigenvalue weighted by Crippen LogP contribution is 2.27. The van der Waals surface area contributed by atoms with Crippen LogP contribution in [0.4, 0.5) is 0 Å². The molecule has 1 unspecified atom stereocenters. The first-order valence-electron chi connectivity index (χ1n) is 8.12. The summed E-state index contributed by atoms with van der Waals surface area (Å²) >= 11 is 0. The van der Waals surface area contributed by atoms with Crippen molar-refractivity contribution < 1.29 is 14.2 Å². The first kappa shape index (κ1) is 20.8. The van der Waals surface area contributed by atoms with Crippen molar-refractivity contribution in [2.45, 2.75) is 32.4 Å². The minimum Gasteiger partial charge on any atom is -0.493 e. The molecule has 2 N–H and O–H groups in total. The van der Waals surface area contributed by atoms with Crippen LogP contribution in [0.3, 0.4) is 0 Å². The molecule has 2 rings (SSSR count). The third-order valence-electron chi connectivity index (χ3n) is 3.73. The average molecular weight is 449 g/mol. The summed E-state index contributed by atoms with van der Waals surface area (Å²) < 4.78 is 16.5. The van der Waals surface area contributed by atoms with Gasteiger partial charge in [-0.3, -0.25) is 4.99 Å². The molecule has 1 fully saturated rings. The van der Waals surface area contributed by atoms with E-state index in [1.807, 2.05) is 25.1 Å². The number of rotatable bonds is 7. The lowest BCUT2D eigenvalue weighted by atomic mass is 10.2. The maximum absolute atomic E-state index is 5.60. The van der Waals surface area contributed by atoms with Crippen LogP contribution in [0.2, 0.25) is 0 Å². The Morgan fingerprint density at radius 1 is 1.33 bits per heavy atom. The van der Waals surface area contributed by atoms with Gasteiger partial charge in [0.25, 0.3) is 0 Å². The van der Waals surface area contributed by atoms with Gasteiger partial charge in [-0.1, -0.05) is 6.07 Å². The van der Waals surface area contributed by atoms with E-state index >= 15 is 0 Å². The summed E-state index contributed by atoms with van der Waals surface area (Å²) in [6.07, 6.45) is 2.55. The highest BCUT2D eigenvalue weighted by atomic mass is 127. The van der Waals surface area contributed by atoms with Gasteiger partial charge in [-0.05, 0) is 37.5 Å². The lowest BCUT2D eigenvalue weighted by molar-refractivity contribution is 0.114. The zero-order valence-corrected chi connectivity index (χ0v) is 17.0. The van der Waals surface area contributed by atoms with Crippen molar-refractivity contribution in [1.82, 2.24) is 10.6 Å². The molecule has 1 aliphatic heterocycles. The van der Waals surface area contributed by atoms with E-state index in [2.05, 4.69) is 15.6 Å². The first-order chi connectivity index (χ1) is 11.3. The standard InChI is InChI=1S/C17H27N3O3.HI/c1-4-22-15-8-7-13(10-16(15)21-3)11-19-17(18-2)20-12-14-6-5-9-23-14;/h7-8,10,14H,4-6,9,11-12H2,1-3H3,(H2,18,19,20);1H. The summed E-state index contributed by atoms with van der Waals surface area (Å²) in [5.41, 5.74) is 1.10. The number of hydrogen-bond acceptors (Lipinski definition) is 4. The number of nitrogens with one attached hydrogen (secondary N) is 2. The highest BCUT2D eigenvalue weighted by Gasteiger charge is 2.15. The SMILES string of the molecule is CCOc1ccc(CNC(=NC)NCC2CCCO2)cc1OC.I. The summed E-state index contributed by atoms with van der Waals surface area (Å²) in [7, 11) is 3.42. The lowest BCUT2D eigenvalue weighted by Crippen LogP contribution is -2.40. The summed E-state index contributed by atoms with van der Waals surface area (Å²) in [5.74, 6) is 2.28. The highest BCUT2D eigenvalue weighted by molar-refractivity contribution is 14.0. The third-order valence-corrected chi connectivity index (χ3v) is 3.73. The van der Waals surface area contributed by atoms with Gasteiger partial charge in [0.1, 0.15) is 0 Å². The fraction of sp³-hybridized carbons (Fsp3) is 0.588. The van der Waals surface area contributed by atoms with Crippen molar-refractivity contribution in [2.24, 2.45) is 4.99 Å². The number of ether oxygens (including phenoxy) is 3. The van der Waals surface area contributed by atoms with Crippen LogP contribution in [0.5, 0.6) is 11.5 Å². The molecule has 0 aliphatic carbocycles. The molecule has 0 aromatic heterocycles. The van der Waals surface area contributed by atoms with Crippen molar-refractivity contribution in [1.29, 1.82) is 0 Å². The lowest BCUT2D eigenvalue weighted by Gasteiger charge is -2.16. The Morgan fingerprint density at radius 3 is 2.79 bits per heavy atom. The smallest absolute Gasteiger partial charge is 0.191 e. The van der Waals surface area contributed by atoms with Crippen LogP contribution in [0.1, 0.15) is 25.3 Å². The van der Waals surface area contributed by atoms with Crippen LogP contribution in [-0.2, 0) is 11.3 Å². The number of nitrogens with zero attached hydrogens (tertiary/aromatic N) is 1. The van der Waals surface area contributed by atoms with Crippen LogP contribution in [0.25, 0.3) is 0 Å². The van der Waals surface area contributed by atoms with E-state index in [1.165, 1.54) is 0 Å². The molecule has 0 spiro atoms. The Kier molecular flexibility index (Phi) is 9.85. The fourth-order valence-electron chi connectivity index (χ4n) is 2.52. The van der Waals surface area contributed by atoms with Gasteiger partial charge in [-0.15, -0.1) is 24.0 Å². The quantitative estimate of drug-likeness (QED) is 0.381. The summed E-state index contributed by atoms with van der Waals surface area (Å²) in [6.45, 7) is 4.89. The van der Waals surface area contributed by atoms with E-state index in [-0.39, 0.29) is 24.0 Å². The molecule has 6 nitrogen and oxygen atoms in total. The average Bonchev–Trinajstić information content (AvgIpc) is 3.09. The van der Waals surface area contributed by atoms with Gasteiger partial charge in [-0.25, -0.2) is 0 Å². The Labute approximate surface area is 161 Å². The second-order valence-corrected chi connectivity index (χ2v) is 5.36. The van der Waals surface area contributed by atoms with E-state index in [1.54, 1.807) is 14.2 Å². The van der Waals surface area contributed by atoms with Gasteiger partial charge in [0.05, 0.1) is 19.8 Å². The predicted molar refractivity (Wildman–Crippen MR) is 107 cm³/mol. The van der Waals surface area contributed by atoms with E-state index in [0.29, 0.717) is 19.3 Å². The van der Waals surface area contributed by atoms with E-state index in [4.69, 9.17) is 14.2 Å². The number of halogens is 1. The second-order valence-electron chi connectivity index (χ2n) is 5.36. The van der Waals surface area contributed by atoms with Crippen molar-refractivity contribution >= 4 is 29.9 Å². The molecule has 7 heteroatoms. The van der Waals surface area contributed by atoms with Crippen molar-refractivity contribution in [3.63, 3.8) is 0 Å². The molecule has 1 heterocycles. The van der Waals surface area contributed by atoms with Crippen molar-refractivity contribution in [2.75, 3.05) is 33.9 Å². The maximum Gasteiger partial charge on any atom is 0.191 e. The Morgan fingerprint density at radius 2 is 2.17 bits per heavy atom. The number of hydrogen-bond donors (Lipinski definition) is 2. The predicted octanol–water partition coefficient (Wildman–Crippen LogP) is 2.56. The normalized spacial score (nSPS) is 17.1. The number of guanidine groups is 1. The molecule has 0 amide bonds. The van der Waals surface area contributed by atoms with Gasteiger partial charge >= 0.3 is 0 Å². The molecular weight excluding hydrogens is 421 g/mol. The van der Waals surface area contributed by atoms with Crippen molar-refractivity contribution in [3.05, 3.63) is 23.8 Å². The molecule has 0 saturated carbocycles. The van der Waals surface area contributed by atoms with Crippen molar-refractivity contribution in [3.8, 4) is 11.5 Å². The molecule has 24 heavy (non-hydrogen) atoms. The second kappa shape index (κ2) is 11.4. The number of methoxy groups -OCH3 is 1. The molecular formula is C17H28IN3O3. The molecule has 0 bridgehead atoms. The van der Waals surface area contributed by atoms with Gasteiger partial charge in [0.15, 0.2) is 17.5 Å². The van der Waals surface area contributed by atoms with Gasteiger partial charge < -0.3 is 24.8 Å². The van der Waals surface area contributed by atoms with Gasteiger partial charge in [0, 0.05) is 26.7 Å². The zero-order valence-electron chi connectivity index (χ0n) is 14.6. The van der Waals surface area contributed by atoms with Gasteiger partial charge in [0.2, 0.25) is 0 Å². The zero-order chi connectivity index (χ0) is 16.5. The van der Waals surface area contributed by atoms with Gasteiger partial charge in [-0.2, -0.15) is 0 Å². The summed E-state index contributed by atoms with van der Waals surface area (Å²) in [6, 6.07) is 5.93. The van der Waals surface area contributed by atoms with Crippen LogP contribution < -0.4 is 20.1 Å². The molecule has 1 aliphatic rings. The third kappa shape index (κ3) is 6.35. The molecule has 1 atom stereocenters. The fourth-order valence-corrected chi connectivity index (χ4v) is 2.52. The van der Waals surface area contributed by atoms with Crippen LogP contribution in [0, 0.1) is 0 Å². The Balaban J connectivity index is 0.00000288. The van der Waals surface area contributed by atoms with E-state index in [9.17, 15) is 0 Å². The maximum atomic E-state index is 5.60. The number of aliphatic imine (C=N–C) groups is 1. The Hall–Kier alpha value is -1.22.